The van der Waals surface area contributed by atoms with Crippen LogP contribution >= 0.6 is 23.2 Å². The van der Waals surface area contributed by atoms with Gasteiger partial charge >= 0.3 is 11.7 Å². The molecule has 4 rings (SSSR count). The Hall–Kier alpha value is -3.80. The summed E-state index contributed by atoms with van der Waals surface area (Å²) in [5, 5.41) is 3.17. The fourth-order valence-corrected chi connectivity index (χ4v) is 4.91. The van der Waals surface area contributed by atoms with Gasteiger partial charge in [0.05, 0.1) is 27.2 Å². The number of rotatable bonds is 7. The molecule has 13 heteroatoms. The minimum absolute atomic E-state index is 0.0561. The SMILES string of the molecule is CC(OC(=O)c1ccccc1NS(=O)(=O)c1ccc2[nH]c(=O)[nH]c2c1)C(=O)Nc1cc(Cl)cc(Cl)c1. The van der Waals surface area contributed by atoms with E-state index in [1.807, 2.05) is 0 Å². The number of halogens is 2. The number of imidazole rings is 1. The van der Waals surface area contributed by atoms with Crippen molar-refractivity contribution in [2.24, 2.45) is 0 Å². The van der Waals surface area contributed by atoms with Gasteiger partial charge in [-0.1, -0.05) is 35.3 Å². The van der Waals surface area contributed by atoms with Crippen molar-refractivity contribution in [2.75, 3.05) is 10.0 Å². The molecule has 0 bridgehead atoms. The van der Waals surface area contributed by atoms with E-state index in [2.05, 4.69) is 20.0 Å². The van der Waals surface area contributed by atoms with Crippen LogP contribution < -0.4 is 15.7 Å². The van der Waals surface area contributed by atoms with Crippen LogP contribution in [0.3, 0.4) is 0 Å². The first-order valence-corrected chi connectivity index (χ1v) is 12.6. The number of benzene rings is 3. The smallest absolute Gasteiger partial charge is 0.341 e. The number of aromatic amines is 2. The van der Waals surface area contributed by atoms with Crippen molar-refractivity contribution in [3.05, 3.63) is 86.8 Å². The van der Waals surface area contributed by atoms with Gasteiger partial charge in [0.25, 0.3) is 15.9 Å². The summed E-state index contributed by atoms with van der Waals surface area (Å²) < 4.78 is 33.5. The number of amides is 1. The highest BCUT2D eigenvalue weighted by atomic mass is 35.5. The molecular weight excluding hydrogens is 531 g/mol. The number of sulfonamides is 1. The average Bonchev–Trinajstić information content (AvgIpc) is 3.17. The molecule has 0 saturated carbocycles. The molecule has 0 aliphatic heterocycles. The van der Waals surface area contributed by atoms with E-state index >= 15 is 0 Å². The molecule has 186 valence electrons. The fraction of sp³-hybridized carbons (Fsp3) is 0.0870. The summed E-state index contributed by atoms with van der Waals surface area (Å²) in [5.41, 5.74) is 0.417. The van der Waals surface area contributed by atoms with Crippen molar-refractivity contribution in [1.82, 2.24) is 9.97 Å². The molecule has 4 N–H and O–H groups in total. The van der Waals surface area contributed by atoms with Crippen LogP contribution in [0.4, 0.5) is 11.4 Å². The fourth-order valence-electron chi connectivity index (χ4n) is 3.28. The van der Waals surface area contributed by atoms with Crippen molar-refractivity contribution in [2.45, 2.75) is 17.9 Å². The zero-order valence-electron chi connectivity index (χ0n) is 18.5. The number of anilines is 2. The summed E-state index contributed by atoms with van der Waals surface area (Å²) in [6.45, 7) is 1.36. The van der Waals surface area contributed by atoms with E-state index in [4.69, 9.17) is 27.9 Å². The molecule has 0 aliphatic rings. The lowest BCUT2D eigenvalue weighted by Gasteiger charge is -2.16. The number of hydrogen-bond acceptors (Lipinski definition) is 6. The second-order valence-electron chi connectivity index (χ2n) is 7.63. The molecule has 1 atom stereocenters. The van der Waals surface area contributed by atoms with Gasteiger partial charge in [-0.05, 0) is 55.5 Å². The molecule has 10 nitrogen and oxygen atoms in total. The number of fused-ring (bicyclic) bond motifs is 1. The van der Waals surface area contributed by atoms with E-state index in [-0.39, 0.29) is 16.1 Å². The lowest BCUT2D eigenvalue weighted by atomic mass is 10.2. The first kappa shape index (κ1) is 25.3. The lowest BCUT2D eigenvalue weighted by Crippen LogP contribution is -2.30. The second-order valence-corrected chi connectivity index (χ2v) is 10.2. The second kappa shape index (κ2) is 10.1. The van der Waals surface area contributed by atoms with Crippen molar-refractivity contribution < 1.29 is 22.7 Å². The van der Waals surface area contributed by atoms with E-state index in [1.165, 1.54) is 67.6 Å². The van der Waals surface area contributed by atoms with E-state index in [0.717, 1.165) is 0 Å². The van der Waals surface area contributed by atoms with Gasteiger partial charge < -0.3 is 20.0 Å². The van der Waals surface area contributed by atoms with Crippen molar-refractivity contribution >= 4 is 67.5 Å². The standard InChI is InChI=1S/C23H18Cl2N4O6S/c1-12(21(30)26-15-9-13(24)8-14(25)10-15)35-22(31)17-4-2-3-5-18(17)29-36(33,34)16-6-7-19-20(11-16)28-23(32)27-19/h2-12,29H,1H3,(H,26,30)(H2,27,28,32). The van der Waals surface area contributed by atoms with Crippen LogP contribution in [0.5, 0.6) is 0 Å². The van der Waals surface area contributed by atoms with Crippen molar-refractivity contribution in [3.63, 3.8) is 0 Å². The minimum atomic E-state index is -4.14. The number of carbonyl (C=O) groups excluding carboxylic acids is 2. The summed E-state index contributed by atoms with van der Waals surface area (Å²) in [6, 6.07) is 14.3. The number of hydrogen-bond donors (Lipinski definition) is 4. The molecular formula is C23H18Cl2N4O6S. The van der Waals surface area contributed by atoms with Crippen LogP contribution in [0, 0.1) is 0 Å². The van der Waals surface area contributed by atoms with Crippen molar-refractivity contribution in [1.29, 1.82) is 0 Å². The summed E-state index contributed by atoms with van der Waals surface area (Å²) in [5.74, 6) is -1.57. The van der Waals surface area contributed by atoms with Crippen LogP contribution in [-0.2, 0) is 19.6 Å². The number of esters is 1. The number of ether oxygens (including phenoxy) is 1. The third kappa shape index (κ3) is 5.70. The molecule has 1 unspecified atom stereocenters. The zero-order valence-corrected chi connectivity index (χ0v) is 20.8. The van der Waals surface area contributed by atoms with Crippen LogP contribution in [0.2, 0.25) is 10.0 Å². The summed E-state index contributed by atoms with van der Waals surface area (Å²) >= 11 is 11.9. The normalized spacial score (nSPS) is 12.2. The highest BCUT2D eigenvalue weighted by Gasteiger charge is 2.24. The molecule has 0 radical (unpaired) electrons. The number of H-pyrrole nitrogens is 2. The van der Waals surface area contributed by atoms with E-state index in [1.54, 1.807) is 0 Å². The Morgan fingerprint density at radius 2 is 1.61 bits per heavy atom. The quantitative estimate of drug-likeness (QED) is 0.255. The molecule has 0 spiro atoms. The van der Waals surface area contributed by atoms with Gasteiger partial charge in [0.15, 0.2) is 6.10 Å². The Labute approximate surface area is 214 Å². The Kier molecular flexibility index (Phi) is 7.07. The third-order valence-electron chi connectivity index (χ3n) is 4.97. The number of para-hydroxylation sites is 1. The number of aromatic nitrogens is 2. The predicted molar refractivity (Wildman–Crippen MR) is 136 cm³/mol. The first-order chi connectivity index (χ1) is 17.0. The van der Waals surface area contributed by atoms with Gasteiger partial charge in [-0.25, -0.2) is 18.0 Å². The van der Waals surface area contributed by atoms with Crippen LogP contribution in [0.25, 0.3) is 11.0 Å². The van der Waals surface area contributed by atoms with Gasteiger partial charge in [0, 0.05) is 15.7 Å². The summed E-state index contributed by atoms with van der Waals surface area (Å²) in [6.07, 6.45) is -1.23. The Morgan fingerprint density at radius 1 is 0.944 bits per heavy atom. The first-order valence-electron chi connectivity index (χ1n) is 10.3. The third-order valence-corrected chi connectivity index (χ3v) is 6.77. The van der Waals surface area contributed by atoms with Crippen LogP contribution in [0.15, 0.2) is 70.4 Å². The van der Waals surface area contributed by atoms with Gasteiger partial charge in [0.1, 0.15) is 0 Å². The van der Waals surface area contributed by atoms with E-state index < -0.39 is 33.7 Å². The number of carbonyl (C=O) groups is 2. The van der Waals surface area contributed by atoms with Gasteiger partial charge in [-0.15, -0.1) is 0 Å². The topological polar surface area (TPSA) is 150 Å². The molecule has 1 heterocycles. The highest BCUT2D eigenvalue weighted by molar-refractivity contribution is 7.92. The lowest BCUT2D eigenvalue weighted by molar-refractivity contribution is -0.123. The average molecular weight is 549 g/mol. The zero-order chi connectivity index (χ0) is 26.0. The maximum Gasteiger partial charge on any atom is 0.341 e. The molecule has 0 saturated heterocycles. The molecule has 36 heavy (non-hydrogen) atoms. The maximum atomic E-state index is 13.0. The molecule has 4 aromatic rings. The van der Waals surface area contributed by atoms with Crippen molar-refractivity contribution in [3.8, 4) is 0 Å². The van der Waals surface area contributed by atoms with Gasteiger partial charge in [-0.3, -0.25) is 9.52 Å². The van der Waals surface area contributed by atoms with Gasteiger partial charge in [-0.2, -0.15) is 0 Å². The molecule has 0 fully saturated rings. The summed E-state index contributed by atoms with van der Waals surface area (Å²) in [7, 11) is -4.14. The van der Waals surface area contributed by atoms with Gasteiger partial charge in [0.2, 0.25) is 0 Å². The number of nitrogens with one attached hydrogen (secondary N) is 4. The molecule has 3 aromatic carbocycles. The molecule has 0 aliphatic carbocycles. The molecule has 1 aromatic heterocycles. The summed E-state index contributed by atoms with van der Waals surface area (Å²) in [4.78, 5) is 41.7. The van der Waals surface area contributed by atoms with E-state index in [9.17, 15) is 22.8 Å². The van der Waals surface area contributed by atoms with E-state index in [0.29, 0.717) is 26.8 Å². The predicted octanol–water partition coefficient (Wildman–Crippen LogP) is 4.15. The monoisotopic (exact) mass is 548 g/mol. The maximum absolute atomic E-state index is 13.0. The Morgan fingerprint density at radius 3 is 2.33 bits per heavy atom. The highest BCUT2D eigenvalue weighted by Crippen LogP contribution is 2.24. The molecule has 1 amide bonds. The largest absolute Gasteiger partial charge is 0.449 e. The minimum Gasteiger partial charge on any atom is -0.449 e. The van der Waals surface area contributed by atoms with Crippen LogP contribution in [-0.4, -0.2) is 36.4 Å². The Bertz CT molecular complexity index is 1630. The van der Waals surface area contributed by atoms with Crippen LogP contribution in [0.1, 0.15) is 17.3 Å². The Balaban J connectivity index is 1.50.